The van der Waals surface area contributed by atoms with Gasteiger partial charge in [0.2, 0.25) is 0 Å². The van der Waals surface area contributed by atoms with Crippen molar-refractivity contribution in [2.75, 3.05) is 0 Å². The van der Waals surface area contributed by atoms with E-state index in [9.17, 15) is 4.79 Å². The highest BCUT2D eigenvalue weighted by molar-refractivity contribution is 14.1. The Kier molecular flexibility index (Phi) is 4.54. The Morgan fingerprint density at radius 3 is 2.78 bits per heavy atom. The standard InChI is InChI=1S/C12H8BrIN2O2/c13-10-4-2-1-3-9(10)12(17)16-15-7-8-5-6-11(14)18-8/h1-7H,(H,16,17). The van der Waals surface area contributed by atoms with E-state index in [1.807, 2.05) is 12.1 Å². The summed E-state index contributed by atoms with van der Waals surface area (Å²) in [6, 6.07) is 10.7. The summed E-state index contributed by atoms with van der Waals surface area (Å²) in [7, 11) is 0. The van der Waals surface area contributed by atoms with Crippen molar-refractivity contribution in [1.29, 1.82) is 0 Å². The number of hydrazone groups is 1. The van der Waals surface area contributed by atoms with Crippen LogP contribution in [0.2, 0.25) is 0 Å². The van der Waals surface area contributed by atoms with Crippen LogP contribution in [-0.4, -0.2) is 12.1 Å². The Hall–Kier alpha value is -1.15. The van der Waals surface area contributed by atoms with Crippen molar-refractivity contribution in [3.05, 3.63) is 56.0 Å². The maximum atomic E-state index is 11.8. The van der Waals surface area contributed by atoms with Crippen molar-refractivity contribution in [3.63, 3.8) is 0 Å². The molecule has 1 heterocycles. The monoisotopic (exact) mass is 418 g/mol. The molecule has 0 bridgehead atoms. The third kappa shape index (κ3) is 3.42. The molecule has 0 unspecified atom stereocenters. The molecule has 0 aliphatic carbocycles. The van der Waals surface area contributed by atoms with Gasteiger partial charge in [0.05, 0.1) is 11.8 Å². The molecule has 1 amide bonds. The summed E-state index contributed by atoms with van der Waals surface area (Å²) in [5.41, 5.74) is 2.97. The number of benzene rings is 1. The van der Waals surface area contributed by atoms with Crippen LogP contribution in [0, 0.1) is 3.77 Å². The molecule has 1 N–H and O–H groups in total. The predicted octanol–water partition coefficient (Wildman–Crippen LogP) is 3.41. The number of hydrogen-bond acceptors (Lipinski definition) is 3. The van der Waals surface area contributed by atoms with Crippen molar-refractivity contribution in [1.82, 2.24) is 5.43 Å². The fraction of sp³-hybridized carbons (Fsp3) is 0. The quantitative estimate of drug-likeness (QED) is 0.471. The number of amides is 1. The number of furan rings is 1. The largest absolute Gasteiger partial charge is 0.449 e. The molecular formula is C12H8BrIN2O2. The molecule has 0 aliphatic heterocycles. The minimum Gasteiger partial charge on any atom is -0.449 e. The maximum absolute atomic E-state index is 11.8. The second kappa shape index (κ2) is 6.14. The van der Waals surface area contributed by atoms with E-state index in [0.29, 0.717) is 11.3 Å². The first kappa shape index (κ1) is 13.3. The second-order valence-electron chi connectivity index (χ2n) is 3.32. The minimum absolute atomic E-state index is 0.278. The van der Waals surface area contributed by atoms with Crippen molar-refractivity contribution in [2.24, 2.45) is 5.10 Å². The zero-order valence-corrected chi connectivity index (χ0v) is 12.8. The van der Waals surface area contributed by atoms with Crippen molar-refractivity contribution >= 4 is 50.6 Å². The Morgan fingerprint density at radius 1 is 1.33 bits per heavy atom. The summed E-state index contributed by atoms with van der Waals surface area (Å²) in [5.74, 6) is 0.312. The van der Waals surface area contributed by atoms with Gasteiger partial charge in [-0.2, -0.15) is 5.10 Å². The van der Waals surface area contributed by atoms with E-state index in [1.165, 1.54) is 6.21 Å². The number of nitrogens with one attached hydrogen (secondary N) is 1. The van der Waals surface area contributed by atoms with Crippen LogP contribution < -0.4 is 5.43 Å². The lowest BCUT2D eigenvalue weighted by Crippen LogP contribution is -2.17. The summed E-state index contributed by atoms with van der Waals surface area (Å²) < 4.78 is 6.77. The molecule has 6 heteroatoms. The van der Waals surface area contributed by atoms with Crippen LogP contribution in [0.4, 0.5) is 0 Å². The molecule has 2 aromatic rings. The topological polar surface area (TPSA) is 54.6 Å². The number of hydrogen-bond donors (Lipinski definition) is 1. The maximum Gasteiger partial charge on any atom is 0.272 e. The van der Waals surface area contributed by atoms with Crippen LogP contribution in [0.3, 0.4) is 0 Å². The molecule has 0 saturated heterocycles. The summed E-state index contributed by atoms with van der Waals surface area (Å²) in [5, 5.41) is 3.83. The lowest BCUT2D eigenvalue weighted by Gasteiger charge is -2.01. The van der Waals surface area contributed by atoms with Crippen molar-refractivity contribution in [3.8, 4) is 0 Å². The molecule has 0 aliphatic rings. The van der Waals surface area contributed by atoms with Gasteiger partial charge in [-0.05, 0) is 62.8 Å². The van der Waals surface area contributed by atoms with Gasteiger partial charge < -0.3 is 4.42 Å². The van der Waals surface area contributed by atoms with Gasteiger partial charge in [0.1, 0.15) is 5.76 Å². The zero-order chi connectivity index (χ0) is 13.0. The molecule has 0 fully saturated rings. The van der Waals surface area contributed by atoms with Gasteiger partial charge in [-0.3, -0.25) is 4.79 Å². The summed E-state index contributed by atoms with van der Waals surface area (Å²) in [6.07, 6.45) is 1.46. The Morgan fingerprint density at radius 2 is 2.11 bits per heavy atom. The Labute approximate surface area is 126 Å². The zero-order valence-electron chi connectivity index (χ0n) is 9.06. The van der Waals surface area contributed by atoms with Crippen LogP contribution in [0.25, 0.3) is 0 Å². The van der Waals surface area contributed by atoms with E-state index in [1.54, 1.807) is 24.3 Å². The molecule has 2 rings (SSSR count). The van der Waals surface area contributed by atoms with Crippen molar-refractivity contribution in [2.45, 2.75) is 0 Å². The van der Waals surface area contributed by atoms with Gasteiger partial charge >= 0.3 is 0 Å². The average molecular weight is 419 g/mol. The molecule has 18 heavy (non-hydrogen) atoms. The van der Waals surface area contributed by atoms with E-state index >= 15 is 0 Å². The highest BCUT2D eigenvalue weighted by atomic mass is 127. The van der Waals surface area contributed by atoms with Crippen LogP contribution in [0.1, 0.15) is 16.1 Å². The third-order valence-corrected chi connectivity index (χ3v) is 3.34. The molecule has 1 aromatic heterocycles. The lowest BCUT2D eigenvalue weighted by molar-refractivity contribution is 0.0954. The number of carbonyl (C=O) groups is 1. The van der Waals surface area contributed by atoms with Crippen LogP contribution in [0.15, 0.2) is 50.4 Å². The highest BCUT2D eigenvalue weighted by Gasteiger charge is 2.07. The van der Waals surface area contributed by atoms with Crippen LogP contribution in [-0.2, 0) is 0 Å². The summed E-state index contributed by atoms with van der Waals surface area (Å²) in [4.78, 5) is 11.8. The molecular weight excluding hydrogens is 411 g/mol. The van der Waals surface area contributed by atoms with Gasteiger partial charge in [-0.15, -0.1) is 0 Å². The van der Waals surface area contributed by atoms with Crippen molar-refractivity contribution < 1.29 is 9.21 Å². The average Bonchev–Trinajstić information content (AvgIpc) is 2.75. The van der Waals surface area contributed by atoms with E-state index < -0.39 is 0 Å². The van der Waals surface area contributed by atoms with Gasteiger partial charge in [0, 0.05) is 4.47 Å². The van der Waals surface area contributed by atoms with Gasteiger partial charge in [0.25, 0.3) is 5.91 Å². The molecule has 4 nitrogen and oxygen atoms in total. The summed E-state index contributed by atoms with van der Waals surface area (Å²) in [6.45, 7) is 0. The van der Waals surface area contributed by atoms with E-state index in [4.69, 9.17) is 4.42 Å². The van der Waals surface area contributed by atoms with Crippen LogP contribution in [0.5, 0.6) is 0 Å². The number of rotatable bonds is 3. The first-order valence-electron chi connectivity index (χ1n) is 5.00. The summed E-state index contributed by atoms with van der Waals surface area (Å²) >= 11 is 5.36. The predicted molar refractivity (Wildman–Crippen MR) is 80.6 cm³/mol. The molecule has 0 radical (unpaired) electrons. The van der Waals surface area contributed by atoms with Gasteiger partial charge in [-0.25, -0.2) is 5.43 Å². The van der Waals surface area contributed by atoms with Crippen LogP contribution >= 0.6 is 38.5 Å². The molecule has 92 valence electrons. The third-order valence-electron chi connectivity index (χ3n) is 2.07. The molecule has 0 saturated carbocycles. The van der Waals surface area contributed by atoms with E-state index in [0.717, 1.165) is 8.24 Å². The number of halogens is 2. The van der Waals surface area contributed by atoms with E-state index in [2.05, 4.69) is 49.0 Å². The number of nitrogens with zero attached hydrogens (tertiary/aromatic N) is 1. The number of carbonyl (C=O) groups excluding carboxylic acids is 1. The lowest BCUT2D eigenvalue weighted by atomic mass is 10.2. The van der Waals surface area contributed by atoms with E-state index in [-0.39, 0.29) is 5.91 Å². The molecule has 1 aromatic carbocycles. The molecule has 0 spiro atoms. The molecule has 0 atom stereocenters. The first-order chi connectivity index (χ1) is 8.66. The van der Waals surface area contributed by atoms with Gasteiger partial charge in [-0.1, -0.05) is 12.1 Å². The Balaban J connectivity index is 2.01. The van der Waals surface area contributed by atoms with Gasteiger partial charge in [0.15, 0.2) is 3.77 Å². The first-order valence-corrected chi connectivity index (χ1v) is 6.87. The SMILES string of the molecule is O=C(NN=Cc1ccc(I)o1)c1ccccc1Br. The smallest absolute Gasteiger partial charge is 0.272 e. The second-order valence-corrected chi connectivity index (χ2v) is 5.24. The highest BCUT2D eigenvalue weighted by Crippen LogP contribution is 2.15. The fourth-order valence-corrected chi connectivity index (χ4v) is 2.16. The Bertz CT molecular complexity index is 595. The minimum atomic E-state index is -0.278. The normalized spacial score (nSPS) is 10.8. The fourth-order valence-electron chi connectivity index (χ4n) is 1.26.